The monoisotopic (exact) mass is 544 g/mol. The van der Waals surface area contributed by atoms with Crippen molar-refractivity contribution >= 4 is 21.6 Å². The van der Waals surface area contributed by atoms with Gasteiger partial charge in [0, 0.05) is 35.8 Å². The van der Waals surface area contributed by atoms with E-state index in [1.165, 1.54) is 18.3 Å². The fourth-order valence-corrected chi connectivity index (χ4v) is 5.82. The lowest BCUT2D eigenvalue weighted by Crippen LogP contribution is -2.42. The number of carbonyl (C=O) groups excluding carboxylic acids is 1. The van der Waals surface area contributed by atoms with Gasteiger partial charge in [-0.3, -0.25) is 14.8 Å². The van der Waals surface area contributed by atoms with Crippen LogP contribution >= 0.6 is 0 Å². The minimum Gasteiger partial charge on any atom is -0.508 e. The smallest absolute Gasteiger partial charge is 0.262 e. The number of nitrogens with one attached hydrogen (secondary N) is 1. The van der Waals surface area contributed by atoms with Crippen LogP contribution in [0.4, 0.5) is 5.69 Å². The Morgan fingerprint density at radius 2 is 1.90 bits per heavy atom. The number of sulfonamides is 1. The highest BCUT2D eigenvalue weighted by atomic mass is 32.2. The quantitative estimate of drug-likeness (QED) is 0.329. The molecule has 4 aromatic rings. The van der Waals surface area contributed by atoms with Gasteiger partial charge in [-0.1, -0.05) is 12.1 Å². The van der Waals surface area contributed by atoms with E-state index in [2.05, 4.69) is 14.7 Å². The lowest BCUT2D eigenvalue weighted by molar-refractivity contribution is 0.0972. The van der Waals surface area contributed by atoms with Crippen LogP contribution in [0.15, 0.2) is 78.0 Å². The second-order valence-corrected chi connectivity index (χ2v) is 11.4. The Morgan fingerprint density at radius 1 is 1.08 bits per heavy atom. The molecular formula is C29H28N4O5S. The molecule has 0 aliphatic carbocycles. The minimum absolute atomic E-state index is 0.0666. The Morgan fingerprint density at radius 3 is 2.62 bits per heavy atom. The maximum absolute atomic E-state index is 13.4. The normalized spacial score (nSPS) is 15.1. The van der Waals surface area contributed by atoms with Crippen molar-refractivity contribution in [3.8, 4) is 22.8 Å². The Kier molecular flexibility index (Phi) is 7.07. The van der Waals surface area contributed by atoms with E-state index >= 15 is 0 Å². The first kappa shape index (κ1) is 26.3. The number of aryl methyl sites for hydroxylation is 2. The molecular weight excluding hydrogens is 516 g/mol. The Hall–Kier alpha value is -4.28. The number of hydrogen-bond donors (Lipinski definition) is 3. The van der Waals surface area contributed by atoms with Crippen molar-refractivity contribution in [2.45, 2.75) is 44.2 Å². The highest BCUT2D eigenvalue weighted by molar-refractivity contribution is 7.89. The van der Waals surface area contributed by atoms with Gasteiger partial charge in [0.1, 0.15) is 16.4 Å². The van der Waals surface area contributed by atoms with Gasteiger partial charge in [-0.2, -0.15) is 0 Å². The van der Waals surface area contributed by atoms with Crippen molar-refractivity contribution < 1.29 is 23.4 Å². The standard InChI is InChI=1S/C29H28N4O5S/c1-18-13-24(39(37,38)32-16-22-5-3-4-12-30-22)17-31-28(18)21-8-11-26-20(14-21)7-6-19(2)33(26)29(36)25-10-9-23(34)15-27(25)35/h3-5,8-15,17,19,32,34-35H,6-7,16H2,1-2H3/t19-/m0/s1. The molecule has 39 heavy (non-hydrogen) atoms. The van der Waals surface area contributed by atoms with E-state index in [4.69, 9.17) is 0 Å². The number of aromatic hydroxyl groups is 2. The van der Waals surface area contributed by atoms with E-state index in [0.29, 0.717) is 17.0 Å². The highest BCUT2D eigenvalue weighted by Crippen LogP contribution is 2.37. The Balaban J connectivity index is 1.41. The molecule has 1 amide bonds. The molecule has 9 nitrogen and oxygen atoms in total. The predicted octanol–water partition coefficient (Wildman–Crippen LogP) is 4.32. The second kappa shape index (κ2) is 10.5. The zero-order chi connectivity index (χ0) is 27.7. The van der Waals surface area contributed by atoms with Gasteiger partial charge >= 0.3 is 0 Å². The molecule has 1 aliphatic rings. The average molecular weight is 545 g/mol. The van der Waals surface area contributed by atoms with Gasteiger partial charge < -0.3 is 15.1 Å². The Bertz CT molecular complexity index is 1660. The number of phenols is 2. The summed E-state index contributed by atoms with van der Waals surface area (Å²) in [5.74, 6) is -0.748. The number of benzene rings is 2. The zero-order valence-electron chi connectivity index (χ0n) is 21.5. The summed E-state index contributed by atoms with van der Waals surface area (Å²) in [5.41, 5.74) is 4.57. The molecule has 2 aromatic heterocycles. The summed E-state index contributed by atoms with van der Waals surface area (Å²) < 4.78 is 28.2. The van der Waals surface area contributed by atoms with E-state index < -0.39 is 10.0 Å². The summed E-state index contributed by atoms with van der Waals surface area (Å²) in [5, 5.41) is 19.9. The molecule has 0 spiro atoms. The molecule has 1 aliphatic heterocycles. The molecule has 5 rings (SSSR count). The van der Waals surface area contributed by atoms with Crippen molar-refractivity contribution in [3.05, 3.63) is 95.4 Å². The molecule has 0 saturated heterocycles. The number of phenolic OH excluding ortho intramolecular Hbond substituents is 2. The number of anilines is 1. The van der Waals surface area contributed by atoms with Gasteiger partial charge in [-0.15, -0.1) is 0 Å². The number of hydrogen-bond acceptors (Lipinski definition) is 7. The summed E-state index contributed by atoms with van der Waals surface area (Å²) >= 11 is 0. The number of aromatic nitrogens is 2. The fraction of sp³-hybridized carbons (Fsp3) is 0.207. The van der Waals surface area contributed by atoms with Gasteiger partial charge in [0.05, 0.1) is 23.5 Å². The molecule has 0 bridgehead atoms. The van der Waals surface area contributed by atoms with Crippen LogP contribution in [0.5, 0.6) is 11.5 Å². The summed E-state index contributed by atoms with van der Waals surface area (Å²) in [7, 11) is -3.78. The van der Waals surface area contributed by atoms with Crippen LogP contribution in [-0.2, 0) is 23.0 Å². The minimum atomic E-state index is -3.78. The predicted molar refractivity (Wildman–Crippen MR) is 147 cm³/mol. The molecule has 0 unspecified atom stereocenters. The molecule has 0 radical (unpaired) electrons. The van der Waals surface area contributed by atoms with Crippen LogP contribution in [0, 0.1) is 6.92 Å². The zero-order valence-corrected chi connectivity index (χ0v) is 22.3. The molecule has 0 fully saturated rings. The topological polar surface area (TPSA) is 133 Å². The van der Waals surface area contributed by atoms with Gasteiger partial charge in [-0.05, 0) is 80.3 Å². The van der Waals surface area contributed by atoms with Crippen molar-refractivity contribution in [1.29, 1.82) is 0 Å². The largest absolute Gasteiger partial charge is 0.508 e. The molecule has 200 valence electrons. The summed E-state index contributed by atoms with van der Waals surface area (Å²) in [4.78, 5) is 23.7. The highest BCUT2D eigenvalue weighted by Gasteiger charge is 2.31. The number of pyridine rings is 2. The van der Waals surface area contributed by atoms with Gasteiger partial charge in [-0.25, -0.2) is 13.1 Å². The third-order valence-corrected chi connectivity index (χ3v) is 8.22. The van der Waals surface area contributed by atoms with Crippen molar-refractivity contribution in [2.24, 2.45) is 0 Å². The first-order valence-corrected chi connectivity index (χ1v) is 14.0. The first-order chi connectivity index (χ1) is 18.6. The SMILES string of the molecule is Cc1cc(S(=O)(=O)NCc2ccccn2)cnc1-c1ccc2c(c1)CC[C@H](C)N2C(=O)c1ccc(O)cc1O. The van der Waals surface area contributed by atoms with Crippen LogP contribution in [-0.4, -0.2) is 40.5 Å². The van der Waals surface area contributed by atoms with E-state index in [-0.39, 0.29) is 40.5 Å². The maximum atomic E-state index is 13.4. The average Bonchev–Trinajstić information content (AvgIpc) is 2.92. The van der Waals surface area contributed by atoms with Crippen LogP contribution in [0.3, 0.4) is 0 Å². The van der Waals surface area contributed by atoms with E-state index in [0.717, 1.165) is 35.7 Å². The number of carbonyl (C=O) groups is 1. The Labute approximate surface area is 226 Å². The number of nitrogens with zero attached hydrogens (tertiary/aromatic N) is 3. The molecule has 3 heterocycles. The van der Waals surface area contributed by atoms with Crippen molar-refractivity contribution in [2.75, 3.05) is 4.90 Å². The van der Waals surface area contributed by atoms with E-state index in [1.54, 1.807) is 35.4 Å². The number of amides is 1. The summed E-state index contributed by atoms with van der Waals surface area (Å²) in [6.07, 6.45) is 4.43. The molecule has 10 heteroatoms. The van der Waals surface area contributed by atoms with E-state index in [9.17, 15) is 23.4 Å². The van der Waals surface area contributed by atoms with Gasteiger partial charge in [0.25, 0.3) is 5.91 Å². The maximum Gasteiger partial charge on any atom is 0.262 e. The number of rotatable bonds is 6. The lowest BCUT2D eigenvalue weighted by atomic mass is 9.92. The van der Waals surface area contributed by atoms with Gasteiger partial charge in [0.2, 0.25) is 10.0 Å². The summed E-state index contributed by atoms with van der Waals surface area (Å²) in [6.45, 7) is 3.84. The molecule has 1 atom stereocenters. The lowest BCUT2D eigenvalue weighted by Gasteiger charge is -2.35. The van der Waals surface area contributed by atoms with Crippen LogP contribution in [0.1, 0.15) is 40.5 Å². The third kappa shape index (κ3) is 5.34. The molecule has 3 N–H and O–H groups in total. The van der Waals surface area contributed by atoms with E-state index in [1.807, 2.05) is 32.0 Å². The number of fused-ring (bicyclic) bond motifs is 1. The fourth-order valence-electron chi connectivity index (χ4n) is 4.79. The van der Waals surface area contributed by atoms with Gasteiger partial charge in [0.15, 0.2) is 0 Å². The van der Waals surface area contributed by atoms with Crippen molar-refractivity contribution in [3.63, 3.8) is 0 Å². The molecule has 0 saturated carbocycles. The second-order valence-electron chi connectivity index (χ2n) is 9.59. The summed E-state index contributed by atoms with van der Waals surface area (Å²) in [6, 6.07) is 16.4. The van der Waals surface area contributed by atoms with Crippen LogP contribution < -0.4 is 9.62 Å². The first-order valence-electron chi connectivity index (χ1n) is 12.5. The molecule has 2 aromatic carbocycles. The third-order valence-electron chi connectivity index (χ3n) is 6.85. The van der Waals surface area contributed by atoms with Crippen LogP contribution in [0.25, 0.3) is 11.3 Å². The van der Waals surface area contributed by atoms with Crippen molar-refractivity contribution in [1.82, 2.24) is 14.7 Å². The van der Waals surface area contributed by atoms with Crippen LogP contribution in [0.2, 0.25) is 0 Å².